The highest BCUT2D eigenvalue weighted by Gasteiger charge is 2.34. The number of ether oxygens (including phenoxy) is 1. The lowest BCUT2D eigenvalue weighted by atomic mass is 10.1. The number of benzene rings is 2. The number of carbonyl (C=O) groups excluding carboxylic acids is 3. The number of hydrogen-bond donors (Lipinski definition) is 3. The Labute approximate surface area is 185 Å². The number of rotatable bonds is 9. The maximum absolute atomic E-state index is 14.1. The van der Waals surface area contributed by atoms with Crippen LogP contribution in [-0.2, 0) is 30.8 Å². The Bertz CT molecular complexity index is 1080. The Morgan fingerprint density at radius 3 is 2.19 bits per heavy atom. The number of hydrogen-bond acceptors (Lipinski definition) is 6. The molecule has 0 unspecified atom stereocenters. The van der Waals surface area contributed by atoms with Crippen LogP contribution in [0.5, 0.6) is 0 Å². The van der Waals surface area contributed by atoms with Gasteiger partial charge in [-0.3, -0.25) is 14.9 Å². The molecule has 0 saturated carbocycles. The average molecular weight is 466 g/mol. The highest BCUT2D eigenvalue weighted by Crippen LogP contribution is 2.17. The lowest BCUT2D eigenvalue weighted by Gasteiger charge is -2.24. The van der Waals surface area contributed by atoms with E-state index in [4.69, 9.17) is 10.5 Å². The van der Waals surface area contributed by atoms with E-state index in [1.165, 1.54) is 12.1 Å². The van der Waals surface area contributed by atoms with E-state index >= 15 is 0 Å². The van der Waals surface area contributed by atoms with Gasteiger partial charge in [0.2, 0.25) is 10.0 Å². The lowest BCUT2D eigenvalue weighted by Crippen LogP contribution is -2.49. The fourth-order valence-electron chi connectivity index (χ4n) is 2.83. The standard InChI is InChI=1S/C21H24FN3O6S/c1-13(2)18(19(26)24-21(23)28)31-20(27)16(12-14-8-4-3-5-9-14)25-32(29,30)17-11-7-6-10-15(17)22/h3-11,13,16,18,25H,12H2,1-2H3,(H3,23,24,26,28)/t16-,18-/m1/s1. The van der Waals surface area contributed by atoms with Crippen LogP contribution in [0.3, 0.4) is 0 Å². The Morgan fingerprint density at radius 2 is 1.62 bits per heavy atom. The van der Waals surface area contributed by atoms with Gasteiger partial charge in [0.15, 0.2) is 6.10 Å². The molecule has 2 aromatic carbocycles. The minimum Gasteiger partial charge on any atom is -0.451 e. The first-order chi connectivity index (χ1) is 15.0. The van der Waals surface area contributed by atoms with Crippen molar-refractivity contribution in [2.75, 3.05) is 0 Å². The van der Waals surface area contributed by atoms with Crippen LogP contribution in [0, 0.1) is 11.7 Å². The summed E-state index contributed by atoms with van der Waals surface area (Å²) in [4.78, 5) is 35.4. The quantitative estimate of drug-likeness (QED) is 0.479. The molecule has 0 fully saturated rings. The second kappa shape index (κ2) is 10.8. The molecule has 0 radical (unpaired) electrons. The summed E-state index contributed by atoms with van der Waals surface area (Å²) in [7, 11) is -4.45. The van der Waals surface area contributed by atoms with Gasteiger partial charge in [0.05, 0.1) is 0 Å². The van der Waals surface area contributed by atoms with Gasteiger partial charge in [-0.2, -0.15) is 4.72 Å². The van der Waals surface area contributed by atoms with Crippen molar-refractivity contribution in [3.05, 3.63) is 66.0 Å². The first-order valence-corrected chi connectivity index (χ1v) is 11.1. The molecule has 0 aliphatic rings. The summed E-state index contributed by atoms with van der Waals surface area (Å²) in [6, 6.07) is 10.5. The van der Waals surface area contributed by atoms with Crippen molar-refractivity contribution in [2.24, 2.45) is 11.7 Å². The van der Waals surface area contributed by atoms with Crippen molar-refractivity contribution in [3.8, 4) is 0 Å². The number of sulfonamides is 1. The van der Waals surface area contributed by atoms with Crippen LogP contribution in [0.25, 0.3) is 0 Å². The van der Waals surface area contributed by atoms with Crippen molar-refractivity contribution in [3.63, 3.8) is 0 Å². The van der Waals surface area contributed by atoms with Crippen LogP contribution in [-0.4, -0.2) is 38.5 Å². The summed E-state index contributed by atoms with van der Waals surface area (Å²) in [5, 5.41) is 1.83. The summed E-state index contributed by atoms with van der Waals surface area (Å²) in [5.74, 6) is -3.57. The van der Waals surface area contributed by atoms with E-state index in [1.54, 1.807) is 44.2 Å². The molecular weight excluding hydrogens is 441 g/mol. The smallest absolute Gasteiger partial charge is 0.325 e. The van der Waals surface area contributed by atoms with Crippen LogP contribution >= 0.6 is 0 Å². The van der Waals surface area contributed by atoms with Gasteiger partial charge in [0.25, 0.3) is 5.91 Å². The van der Waals surface area contributed by atoms with Gasteiger partial charge in [-0.1, -0.05) is 56.3 Å². The van der Waals surface area contributed by atoms with E-state index in [0.29, 0.717) is 5.56 Å². The average Bonchev–Trinajstić information content (AvgIpc) is 2.71. The van der Waals surface area contributed by atoms with Crippen molar-refractivity contribution < 1.29 is 31.9 Å². The molecule has 0 spiro atoms. The van der Waals surface area contributed by atoms with E-state index in [1.807, 2.05) is 5.32 Å². The van der Waals surface area contributed by atoms with Crippen LogP contribution in [0.1, 0.15) is 19.4 Å². The third-order valence-electron chi connectivity index (χ3n) is 4.34. The molecule has 0 saturated heterocycles. The minimum atomic E-state index is -4.45. The predicted octanol–water partition coefficient (Wildman–Crippen LogP) is 1.48. The van der Waals surface area contributed by atoms with E-state index in [9.17, 15) is 27.2 Å². The molecule has 2 aromatic rings. The molecular formula is C21H24FN3O6S. The Kier molecular flexibility index (Phi) is 8.44. The van der Waals surface area contributed by atoms with E-state index in [0.717, 1.165) is 12.1 Å². The SMILES string of the molecule is CC(C)[C@@H](OC(=O)[C@@H](Cc1ccccc1)NS(=O)(=O)c1ccccc1F)C(=O)NC(N)=O. The van der Waals surface area contributed by atoms with Gasteiger partial charge in [-0.25, -0.2) is 17.6 Å². The Balaban J connectivity index is 2.33. The number of nitrogens with one attached hydrogen (secondary N) is 2. The zero-order valence-corrected chi connectivity index (χ0v) is 18.3. The monoisotopic (exact) mass is 465 g/mol. The normalized spacial score (nSPS) is 13.2. The van der Waals surface area contributed by atoms with Crippen LogP contribution in [0.4, 0.5) is 9.18 Å². The maximum atomic E-state index is 14.1. The van der Waals surface area contributed by atoms with Gasteiger partial charge in [-0.05, 0) is 30.0 Å². The van der Waals surface area contributed by atoms with Crippen molar-refractivity contribution in [1.29, 1.82) is 0 Å². The van der Waals surface area contributed by atoms with Gasteiger partial charge in [-0.15, -0.1) is 0 Å². The van der Waals surface area contributed by atoms with Crippen molar-refractivity contribution >= 4 is 27.9 Å². The zero-order chi connectivity index (χ0) is 23.9. The maximum Gasteiger partial charge on any atom is 0.325 e. The third-order valence-corrected chi connectivity index (χ3v) is 5.85. The number of esters is 1. The van der Waals surface area contributed by atoms with Crippen molar-refractivity contribution in [1.82, 2.24) is 10.0 Å². The number of halogens is 1. The summed E-state index contributed by atoms with van der Waals surface area (Å²) in [5.41, 5.74) is 5.54. The van der Waals surface area contributed by atoms with Crippen LogP contribution in [0.2, 0.25) is 0 Å². The number of urea groups is 1. The highest BCUT2D eigenvalue weighted by atomic mass is 32.2. The fourth-order valence-corrected chi connectivity index (χ4v) is 4.09. The van der Waals surface area contributed by atoms with Gasteiger partial charge >= 0.3 is 12.0 Å². The fraction of sp³-hybridized carbons (Fsp3) is 0.286. The minimum absolute atomic E-state index is 0.129. The molecule has 2 atom stereocenters. The topological polar surface area (TPSA) is 145 Å². The first kappa shape index (κ1) is 25.0. The molecule has 4 N–H and O–H groups in total. The Morgan fingerprint density at radius 1 is 1.03 bits per heavy atom. The first-order valence-electron chi connectivity index (χ1n) is 9.63. The highest BCUT2D eigenvalue weighted by molar-refractivity contribution is 7.89. The number of nitrogens with two attached hydrogens (primary N) is 1. The van der Waals surface area contributed by atoms with Crippen molar-refractivity contribution in [2.45, 2.75) is 37.3 Å². The van der Waals surface area contributed by atoms with E-state index in [-0.39, 0.29) is 6.42 Å². The van der Waals surface area contributed by atoms with Crippen LogP contribution in [0.15, 0.2) is 59.5 Å². The number of imide groups is 1. The lowest BCUT2D eigenvalue weighted by molar-refractivity contribution is -0.159. The van der Waals surface area contributed by atoms with Crippen LogP contribution < -0.4 is 15.8 Å². The van der Waals surface area contributed by atoms with Gasteiger partial charge in [0.1, 0.15) is 16.8 Å². The largest absolute Gasteiger partial charge is 0.451 e. The second-order valence-corrected chi connectivity index (χ2v) is 8.93. The molecule has 3 amide bonds. The molecule has 0 aliphatic carbocycles. The molecule has 9 nitrogen and oxygen atoms in total. The number of primary amides is 1. The molecule has 0 heterocycles. The summed E-state index contributed by atoms with van der Waals surface area (Å²) in [6.45, 7) is 3.13. The van der Waals surface area contributed by atoms with E-state index < -0.39 is 56.7 Å². The molecule has 2 rings (SSSR count). The van der Waals surface area contributed by atoms with Gasteiger partial charge in [0, 0.05) is 0 Å². The molecule has 32 heavy (non-hydrogen) atoms. The second-order valence-electron chi connectivity index (χ2n) is 7.25. The molecule has 0 aromatic heterocycles. The summed E-state index contributed by atoms with van der Waals surface area (Å²) in [6.07, 6.45) is -1.54. The Hall–Kier alpha value is -3.31. The zero-order valence-electron chi connectivity index (χ0n) is 17.4. The predicted molar refractivity (Wildman–Crippen MR) is 113 cm³/mol. The molecule has 11 heteroatoms. The van der Waals surface area contributed by atoms with E-state index in [2.05, 4.69) is 4.72 Å². The number of amides is 3. The number of carbonyl (C=O) groups is 3. The summed E-state index contributed by atoms with van der Waals surface area (Å²) < 4.78 is 47.0. The molecule has 0 bridgehead atoms. The van der Waals surface area contributed by atoms with Gasteiger partial charge < -0.3 is 10.5 Å². The third kappa shape index (κ3) is 6.86. The summed E-state index contributed by atoms with van der Waals surface area (Å²) >= 11 is 0. The molecule has 172 valence electrons. The molecule has 0 aliphatic heterocycles.